The lowest BCUT2D eigenvalue weighted by atomic mass is 10.2. The van der Waals surface area contributed by atoms with Crippen molar-refractivity contribution >= 4 is 36.7 Å². The fourth-order valence-electron chi connectivity index (χ4n) is 1.54. The minimum absolute atomic E-state index is 0.0497. The Bertz CT molecular complexity index is 601. The summed E-state index contributed by atoms with van der Waals surface area (Å²) in [6.07, 6.45) is 1.23. The molecule has 0 radical (unpaired) electrons. The molecule has 1 heterocycles. The first kappa shape index (κ1) is 10.7. The highest BCUT2D eigenvalue weighted by molar-refractivity contribution is 9.10. The smallest absolute Gasteiger partial charge is 0.153 e. The van der Waals surface area contributed by atoms with Crippen molar-refractivity contribution in [1.82, 2.24) is 4.98 Å². The third-order valence-corrected chi connectivity index (χ3v) is 3.61. The number of H-pyrrole nitrogens is 1. The quantitative estimate of drug-likeness (QED) is 0.923. The van der Waals surface area contributed by atoms with Crippen LogP contribution in [0.15, 0.2) is 28.7 Å². The van der Waals surface area contributed by atoms with Gasteiger partial charge in [0.25, 0.3) is 0 Å². The molecule has 0 atom stereocenters. The molecule has 0 unspecified atom stereocenters. The summed E-state index contributed by atoms with van der Waals surface area (Å²) >= 11 is 3.42. The Morgan fingerprint density at radius 2 is 2.13 bits per heavy atom. The van der Waals surface area contributed by atoms with Gasteiger partial charge in [-0.2, -0.15) is 0 Å². The molecule has 0 bridgehead atoms. The molecule has 0 saturated carbocycles. The number of aromatic amines is 1. The molecular formula is C10H10BrNO2S. The van der Waals surface area contributed by atoms with Crippen molar-refractivity contribution in [2.24, 2.45) is 0 Å². The minimum atomic E-state index is -2.98. The van der Waals surface area contributed by atoms with Crippen LogP contribution in [0.25, 0.3) is 10.9 Å². The van der Waals surface area contributed by atoms with Crippen LogP contribution in [0.1, 0.15) is 5.69 Å². The maximum absolute atomic E-state index is 11.1. The van der Waals surface area contributed by atoms with E-state index in [4.69, 9.17) is 0 Å². The van der Waals surface area contributed by atoms with Gasteiger partial charge < -0.3 is 4.98 Å². The van der Waals surface area contributed by atoms with Crippen molar-refractivity contribution in [3.8, 4) is 0 Å². The van der Waals surface area contributed by atoms with E-state index in [9.17, 15) is 8.42 Å². The van der Waals surface area contributed by atoms with Crippen LogP contribution in [0.4, 0.5) is 0 Å². The first-order chi connectivity index (χ1) is 6.96. The number of fused-ring (bicyclic) bond motifs is 1. The standard InChI is InChI=1S/C10H10BrNO2S/c1-15(13,14)6-7-5-8-9(11)3-2-4-10(8)12-7/h2-5,12H,6H2,1H3. The predicted molar refractivity (Wildman–Crippen MR) is 64.5 cm³/mol. The van der Waals surface area contributed by atoms with Gasteiger partial charge in [-0.25, -0.2) is 8.42 Å². The summed E-state index contributed by atoms with van der Waals surface area (Å²) in [5, 5.41) is 1.01. The number of nitrogens with one attached hydrogen (secondary N) is 1. The molecule has 2 rings (SSSR count). The second-order valence-electron chi connectivity index (χ2n) is 3.57. The number of aromatic nitrogens is 1. The normalized spacial score (nSPS) is 12.1. The number of rotatable bonds is 2. The van der Waals surface area contributed by atoms with Crippen molar-refractivity contribution in [2.75, 3.05) is 6.26 Å². The third kappa shape index (κ3) is 2.41. The van der Waals surface area contributed by atoms with E-state index in [1.807, 2.05) is 24.3 Å². The molecular weight excluding hydrogens is 278 g/mol. The van der Waals surface area contributed by atoms with Crippen molar-refractivity contribution in [3.05, 3.63) is 34.4 Å². The van der Waals surface area contributed by atoms with Crippen LogP contribution in [-0.4, -0.2) is 19.7 Å². The Morgan fingerprint density at radius 1 is 1.40 bits per heavy atom. The molecule has 0 fully saturated rings. The lowest BCUT2D eigenvalue weighted by Crippen LogP contribution is -2.00. The maximum atomic E-state index is 11.1. The van der Waals surface area contributed by atoms with Crippen LogP contribution in [0.2, 0.25) is 0 Å². The first-order valence-electron chi connectivity index (χ1n) is 4.39. The lowest BCUT2D eigenvalue weighted by molar-refractivity contribution is 0.600. The molecule has 0 aliphatic heterocycles. The van der Waals surface area contributed by atoms with Crippen LogP contribution < -0.4 is 0 Å². The average Bonchev–Trinajstić information content (AvgIpc) is 2.45. The van der Waals surface area contributed by atoms with Gasteiger partial charge in [-0.1, -0.05) is 22.0 Å². The van der Waals surface area contributed by atoms with E-state index in [1.165, 1.54) is 6.26 Å². The summed E-state index contributed by atoms with van der Waals surface area (Å²) in [7, 11) is -2.98. The summed E-state index contributed by atoms with van der Waals surface area (Å²) in [4.78, 5) is 3.08. The molecule has 15 heavy (non-hydrogen) atoms. The number of hydrogen-bond acceptors (Lipinski definition) is 2. The van der Waals surface area contributed by atoms with Gasteiger partial charge >= 0.3 is 0 Å². The molecule has 0 amide bonds. The van der Waals surface area contributed by atoms with Gasteiger partial charge in [0.15, 0.2) is 9.84 Å². The topological polar surface area (TPSA) is 49.9 Å². The van der Waals surface area contributed by atoms with Crippen molar-refractivity contribution < 1.29 is 8.42 Å². The van der Waals surface area contributed by atoms with Gasteiger partial charge in [-0.05, 0) is 18.2 Å². The Morgan fingerprint density at radius 3 is 2.73 bits per heavy atom. The minimum Gasteiger partial charge on any atom is -0.358 e. The van der Waals surface area contributed by atoms with Crippen LogP contribution in [0.5, 0.6) is 0 Å². The number of hydrogen-bond donors (Lipinski definition) is 1. The van der Waals surface area contributed by atoms with Gasteiger partial charge in [0.05, 0.1) is 5.75 Å². The fraction of sp³-hybridized carbons (Fsp3) is 0.200. The number of sulfone groups is 1. The Kier molecular flexibility index (Phi) is 2.60. The van der Waals surface area contributed by atoms with Crippen LogP contribution in [0.3, 0.4) is 0 Å². The van der Waals surface area contributed by atoms with E-state index in [2.05, 4.69) is 20.9 Å². The monoisotopic (exact) mass is 287 g/mol. The second kappa shape index (κ2) is 3.64. The first-order valence-corrected chi connectivity index (χ1v) is 7.25. The van der Waals surface area contributed by atoms with Crippen LogP contribution >= 0.6 is 15.9 Å². The largest absolute Gasteiger partial charge is 0.358 e. The molecule has 80 valence electrons. The molecule has 1 aromatic heterocycles. The summed E-state index contributed by atoms with van der Waals surface area (Å²) in [5.41, 5.74) is 1.67. The Labute approximate surface area is 96.5 Å². The fourth-order valence-corrected chi connectivity index (χ4v) is 2.74. The summed E-state index contributed by atoms with van der Waals surface area (Å²) < 4.78 is 23.2. The Hall–Kier alpha value is -0.810. The molecule has 0 aliphatic carbocycles. The van der Waals surface area contributed by atoms with E-state index in [1.54, 1.807) is 0 Å². The van der Waals surface area contributed by atoms with E-state index < -0.39 is 9.84 Å². The van der Waals surface area contributed by atoms with E-state index in [0.29, 0.717) is 0 Å². The molecule has 0 spiro atoms. The van der Waals surface area contributed by atoms with Crippen molar-refractivity contribution in [2.45, 2.75) is 5.75 Å². The molecule has 0 saturated heterocycles. The van der Waals surface area contributed by atoms with Crippen molar-refractivity contribution in [3.63, 3.8) is 0 Å². The molecule has 5 heteroatoms. The predicted octanol–water partition coefficient (Wildman–Crippen LogP) is 2.48. The van der Waals surface area contributed by atoms with Gasteiger partial charge in [0.2, 0.25) is 0 Å². The molecule has 1 N–H and O–H groups in total. The van der Waals surface area contributed by atoms with Gasteiger partial charge in [-0.15, -0.1) is 0 Å². The van der Waals surface area contributed by atoms with E-state index in [-0.39, 0.29) is 5.75 Å². The highest BCUT2D eigenvalue weighted by atomic mass is 79.9. The number of benzene rings is 1. The summed E-state index contributed by atoms with van der Waals surface area (Å²) in [6, 6.07) is 7.62. The van der Waals surface area contributed by atoms with Gasteiger partial charge in [0.1, 0.15) is 0 Å². The van der Waals surface area contributed by atoms with E-state index in [0.717, 1.165) is 21.1 Å². The zero-order valence-electron chi connectivity index (χ0n) is 8.12. The summed E-state index contributed by atoms with van der Waals surface area (Å²) in [5.74, 6) is 0.0497. The zero-order valence-corrected chi connectivity index (χ0v) is 10.5. The second-order valence-corrected chi connectivity index (χ2v) is 6.56. The average molecular weight is 288 g/mol. The number of halogens is 1. The van der Waals surface area contributed by atoms with Crippen molar-refractivity contribution in [1.29, 1.82) is 0 Å². The molecule has 2 aromatic rings. The Balaban J connectivity index is 2.53. The third-order valence-electron chi connectivity index (χ3n) is 2.08. The summed E-state index contributed by atoms with van der Waals surface area (Å²) in [6.45, 7) is 0. The SMILES string of the molecule is CS(=O)(=O)Cc1cc2c(Br)cccc2[nH]1. The molecule has 3 nitrogen and oxygen atoms in total. The van der Waals surface area contributed by atoms with Crippen LogP contribution in [-0.2, 0) is 15.6 Å². The zero-order chi connectivity index (χ0) is 11.1. The molecule has 0 aliphatic rings. The molecule has 1 aromatic carbocycles. The highest BCUT2D eigenvalue weighted by Gasteiger charge is 2.08. The maximum Gasteiger partial charge on any atom is 0.153 e. The lowest BCUT2D eigenvalue weighted by Gasteiger charge is -1.92. The van der Waals surface area contributed by atoms with Crippen LogP contribution in [0, 0.1) is 0 Å². The van der Waals surface area contributed by atoms with E-state index >= 15 is 0 Å². The highest BCUT2D eigenvalue weighted by Crippen LogP contribution is 2.24. The van der Waals surface area contributed by atoms with Gasteiger partial charge in [-0.3, -0.25) is 0 Å². The van der Waals surface area contributed by atoms with Gasteiger partial charge in [0, 0.05) is 27.3 Å².